The minimum atomic E-state index is 0.115. The van der Waals surface area contributed by atoms with Gasteiger partial charge in [0.15, 0.2) is 0 Å². The molecule has 0 saturated carbocycles. The molecule has 1 aromatic rings. The molecule has 0 spiro atoms. The van der Waals surface area contributed by atoms with Crippen molar-refractivity contribution in [1.82, 2.24) is 9.88 Å². The Kier molecular flexibility index (Phi) is 4.20. The van der Waals surface area contributed by atoms with Crippen LogP contribution in [-0.2, 0) is 10.2 Å². The highest BCUT2D eigenvalue weighted by Crippen LogP contribution is 2.29. The van der Waals surface area contributed by atoms with Gasteiger partial charge in [0.2, 0.25) is 0 Å². The lowest BCUT2D eigenvalue weighted by atomic mass is 9.93. The molecule has 2 rings (SSSR count). The third-order valence-electron chi connectivity index (χ3n) is 3.10. The molecule has 100 valence electrons. The van der Waals surface area contributed by atoms with E-state index in [1.165, 1.54) is 0 Å². The minimum Gasteiger partial charge on any atom is -0.368 e. The number of aromatic nitrogens is 1. The molecule has 1 aliphatic rings. The maximum absolute atomic E-state index is 5.84. The van der Waals surface area contributed by atoms with Gasteiger partial charge in [0.1, 0.15) is 11.1 Å². The summed E-state index contributed by atoms with van der Waals surface area (Å²) in [5.41, 5.74) is 1.27. The van der Waals surface area contributed by atoms with Crippen molar-refractivity contribution in [2.24, 2.45) is 0 Å². The van der Waals surface area contributed by atoms with Crippen molar-refractivity contribution >= 4 is 11.3 Å². The molecule has 1 atom stereocenters. The summed E-state index contributed by atoms with van der Waals surface area (Å²) in [6.45, 7) is 14.0. The third kappa shape index (κ3) is 3.19. The highest BCUT2D eigenvalue weighted by Gasteiger charge is 2.25. The predicted octanol–water partition coefficient (Wildman–Crippen LogP) is 3.00. The van der Waals surface area contributed by atoms with E-state index in [-0.39, 0.29) is 11.5 Å². The summed E-state index contributed by atoms with van der Waals surface area (Å²) >= 11 is 1.71. The Bertz CT molecular complexity index is 408. The monoisotopic (exact) mass is 266 g/mol. The second kappa shape index (κ2) is 5.51. The van der Waals surface area contributed by atoms with Gasteiger partial charge in [-0.2, -0.15) is 0 Å². The molecule has 2 heterocycles. The molecule has 0 amide bonds. The lowest BCUT2D eigenvalue weighted by Gasteiger charge is -2.31. The normalized spacial score (nSPS) is 22.1. The number of thiazole rings is 1. The van der Waals surface area contributed by atoms with Crippen LogP contribution in [-0.4, -0.2) is 36.1 Å². The first-order valence-electron chi connectivity index (χ1n) is 6.41. The van der Waals surface area contributed by atoms with E-state index < -0.39 is 0 Å². The molecule has 0 aliphatic carbocycles. The van der Waals surface area contributed by atoms with Crippen LogP contribution in [0.2, 0.25) is 0 Å². The fourth-order valence-electron chi connectivity index (χ4n) is 1.98. The van der Waals surface area contributed by atoms with E-state index in [1.54, 1.807) is 11.3 Å². The SMILES string of the molecule is C=CCN1CCOC(c2nc(C(C)(C)C)cs2)C1. The van der Waals surface area contributed by atoms with Gasteiger partial charge in [0.05, 0.1) is 12.3 Å². The van der Waals surface area contributed by atoms with E-state index in [2.05, 4.69) is 37.6 Å². The molecule has 0 bridgehead atoms. The van der Waals surface area contributed by atoms with Gasteiger partial charge < -0.3 is 4.74 Å². The van der Waals surface area contributed by atoms with Crippen LogP contribution in [0.5, 0.6) is 0 Å². The van der Waals surface area contributed by atoms with Crippen molar-refractivity contribution in [2.45, 2.75) is 32.3 Å². The van der Waals surface area contributed by atoms with Gasteiger partial charge in [-0.05, 0) is 0 Å². The number of ether oxygens (including phenoxy) is 1. The first-order chi connectivity index (χ1) is 8.50. The van der Waals surface area contributed by atoms with Gasteiger partial charge >= 0.3 is 0 Å². The van der Waals surface area contributed by atoms with Crippen LogP contribution in [0.4, 0.5) is 0 Å². The first kappa shape index (κ1) is 13.7. The molecule has 18 heavy (non-hydrogen) atoms. The highest BCUT2D eigenvalue weighted by atomic mass is 32.1. The summed E-state index contributed by atoms with van der Waals surface area (Å²) in [5.74, 6) is 0. The Morgan fingerprint density at radius 2 is 2.39 bits per heavy atom. The topological polar surface area (TPSA) is 25.4 Å². The lowest BCUT2D eigenvalue weighted by Crippen LogP contribution is -2.38. The van der Waals surface area contributed by atoms with Crippen LogP contribution in [0.15, 0.2) is 18.0 Å². The van der Waals surface area contributed by atoms with E-state index in [0.29, 0.717) is 0 Å². The Labute approximate surface area is 113 Å². The molecule has 1 aliphatic heterocycles. The Morgan fingerprint density at radius 1 is 1.61 bits per heavy atom. The number of rotatable bonds is 3. The van der Waals surface area contributed by atoms with Gasteiger partial charge in [0, 0.05) is 30.4 Å². The van der Waals surface area contributed by atoms with Gasteiger partial charge in [-0.3, -0.25) is 4.90 Å². The van der Waals surface area contributed by atoms with Crippen LogP contribution in [0.3, 0.4) is 0 Å². The van der Waals surface area contributed by atoms with Gasteiger partial charge in [0.25, 0.3) is 0 Å². The molecule has 4 heteroatoms. The molecule has 3 nitrogen and oxygen atoms in total. The van der Waals surface area contributed by atoms with Crippen molar-refractivity contribution in [3.8, 4) is 0 Å². The van der Waals surface area contributed by atoms with Crippen LogP contribution in [0.25, 0.3) is 0 Å². The Hall–Kier alpha value is -0.710. The van der Waals surface area contributed by atoms with E-state index in [0.717, 1.165) is 36.9 Å². The van der Waals surface area contributed by atoms with Crippen molar-refractivity contribution in [3.63, 3.8) is 0 Å². The number of hydrogen-bond acceptors (Lipinski definition) is 4. The zero-order chi connectivity index (χ0) is 13.2. The zero-order valence-electron chi connectivity index (χ0n) is 11.5. The second-order valence-electron chi connectivity index (χ2n) is 5.73. The summed E-state index contributed by atoms with van der Waals surface area (Å²) in [6, 6.07) is 0. The molecule has 0 radical (unpaired) electrons. The van der Waals surface area contributed by atoms with E-state index in [9.17, 15) is 0 Å². The van der Waals surface area contributed by atoms with Crippen molar-refractivity contribution < 1.29 is 4.74 Å². The molecular formula is C14H22N2OS. The van der Waals surface area contributed by atoms with Crippen LogP contribution < -0.4 is 0 Å². The molecular weight excluding hydrogens is 244 g/mol. The number of morpholine rings is 1. The molecule has 1 fully saturated rings. The van der Waals surface area contributed by atoms with Gasteiger partial charge in [-0.25, -0.2) is 4.98 Å². The van der Waals surface area contributed by atoms with Crippen LogP contribution in [0, 0.1) is 0 Å². The first-order valence-corrected chi connectivity index (χ1v) is 7.29. The molecule has 1 saturated heterocycles. The minimum absolute atomic E-state index is 0.115. The fourth-order valence-corrected chi connectivity index (χ4v) is 3.06. The van der Waals surface area contributed by atoms with Gasteiger partial charge in [-0.15, -0.1) is 17.9 Å². The summed E-state index contributed by atoms with van der Waals surface area (Å²) < 4.78 is 5.84. The molecule has 0 N–H and O–H groups in total. The number of hydrogen-bond donors (Lipinski definition) is 0. The summed E-state index contributed by atoms with van der Waals surface area (Å²) in [6.07, 6.45) is 2.07. The fraction of sp³-hybridized carbons (Fsp3) is 0.643. The molecule has 0 aromatic carbocycles. The third-order valence-corrected chi connectivity index (χ3v) is 4.04. The van der Waals surface area contributed by atoms with E-state index >= 15 is 0 Å². The average Bonchev–Trinajstić information content (AvgIpc) is 2.78. The highest BCUT2D eigenvalue weighted by molar-refractivity contribution is 7.09. The largest absolute Gasteiger partial charge is 0.368 e. The predicted molar refractivity (Wildman–Crippen MR) is 76.1 cm³/mol. The van der Waals surface area contributed by atoms with Crippen LogP contribution >= 0.6 is 11.3 Å². The van der Waals surface area contributed by atoms with Crippen molar-refractivity contribution in [3.05, 3.63) is 28.7 Å². The molecule has 1 aromatic heterocycles. The van der Waals surface area contributed by atoms with E-state index in [1.807, 2.05) is 6.08 Å². The van der Waals surface area contributed by atoms with Gasteiger partial charge in [-0.1, -0.05) is 26.8 Å². The van der Waals surface area contributed by atoms with E-state index in [4.69, 9.17) is 9.72 Å². The summed E-state index contributed by atoms with van der Waals surface area (Å²) in [5, 5.41) is 3.26. The zero-order valence-corrected chi connectivity index (χ0v) is 12.3. The number of nitrogens with zero attached hydrogens (tertiary/aromatic N) is 2. The maximum atomic E-state index is 5.84. The smallest absolute Gasteiger partial charge is 0.123 e. The van der Waals surface area contributed by atoms with Crippen molar-refractivity contribution in [1.29, 1.82) is 0 Å². The summed E-state index contributed by atoms with van der Waals surface area (Å²) in [4.78, 5) is 7.10. The molecule has 1 unspecified atom stereocenters. The average molecular weight is 266 g/mol. The quantitative estimate of drug-likeness (QED) is 0.786. The van der Waals surface area contributed by atoms with Crippen LogP contribution in [0.1, 0.15) is 37.6 Å². The Morgan fingerprint density at radius 3 is 3.00 bits per heavy atom. The van der Waals surface area contributed by atoms with Crippen molar-refractivity contribution in [2.75, 3.05) is 26.2 Å². The summed E-state index contributed by atoms with van der Waals surface area (Å²) in [7, 11) is 0. The Balaban J connectivity index is 2.07. The standard InChI is InChI=1S/C14H22N2OS/c1-5-6-16-7-8-17-11(9-16)13-15-12(10-18-13)14(2,3)4/h5,10-11H,1,6-9H2,2-4H3. The maximum Gasteiger partial charge on any atom is 0.123 e. The second-order valence-corrected chi connectivity index (χ2v) is 6.62. The lowest BCUT2D eigenvalue weighted by molar-refractivity contribution is -0.0262.